The minimum atomic E-state index is -4.46. The van der Waals surface area contributed by atoms with E-state index in [-0.39, 0.29) is 17.0 Å². The number of alkyl halides is 3. The number of rotatable bonds is 6. The second-order valence-electron chi connectivity index (χ2n) is 6.37. The van der Waals surface area contributed by atoms with Crippen molar-refractivity contribution in [3.05, 3.63) is 22.8 Å². The summed E-state index contributed by atoms with van der Waals surface area (Å²) in [6, 6.07) is 1.10. The third kappa shape index (κ3) is 5.48. The van der Waals surface area contributed by atoms with Gasteiger partial charge in [-0.1, -0.05) is 25.4 Å². The molecule has 0 saturated carbocycles. The van der Waals surface area contributed by atoms with Crippen molar-refractivity contribution < 1.29 is 18.0 Å². The number of anilines is 1. The maximum absolute atomic E-state index is 12.7. The van der Waals surface area contributed by atoms with E-state index in [2.05, 4.69) is 10.3 Å². The minimum absolute atomic E-state index is 0.00200. The van der Waals surface area contributed by atoms with Crippen LogP contribution in [-0.2, 0) is 11.0 Å². The molecule has 9 heteroatoms. The van der Waals surface area contributed by atoms with Gasteiger partial charge in [0.15, 0.2) is 0 Å². The van der Waals surface area contributed by atoms with Crippen LogP contribution in [0.25, 0.3) is 0 Å². The van der Waals surface area contributed by atoms with Gasteiger partial charge >= 0.3 is 6.18 Å². The first-order valence-corrected chi connectivity index (χ1v) is 9.11. The van der Waals surface area contributed by atoms with Crippen molar-refractivity contribution in [3.63, 3.8) is 0 Å². The molecule has 1 aliphatic heterocycles. The predicted octanol–water partition coefficient (Wildman–Crippen LogP) is 3.18. The van der Waals surface area contributed by atoms with E-state index >= 15 is 0 Å². The van der Waals surface area contributed by atoms with Crippen LogP contribution >= 0.6 is 11.6 Å². The molecule has 2 heterocycles. The van der Waals surface area contributed by atoms with Gasteiger partial charge in [0.1, 0.15) is 5.82 Å². The highest BCUT2D eigenvalue weighted by atomic mass is 35.5. The number of halogens is 4. The minimum Gasteiger partial charge on any atom is -0.353 e. The highest BCUT2D eigenvalue weighted by Gasteiger charge is 2.32. The molecule has 0 radical (unpaired) electrons. The molecule has 0 spiro atoms. The van der Waals surface area contributed by atoms with Gasteiger partial charge in [-0.25, -0.2) is 4.98 Å². The van der Waals surface area contributed by atoms with Gasteiger partial charge in [-0.3, -0.25) is 9.69 Å². The van der Waals surface area contributed by atoms with Crippen LogP contribution in [0.15, 0.2) is 12.3 Å². The van der Waals surface area contributed by atoms with Gasteiger partial charge in [-0.2, -0.15) is 13.2 Å². The molecule has 0 atom stereocenters. The number of nitrogens with one attached hydrogen (secondary N) is 1. The van der Waals surface area contributed by atoms with E-state index in [1.807, 2.05) is 23.6 Å². The summed E-state index contributed by atoms with van der Waals surface area (Å²) >= 11 is 6.00. The third-order valence-electron chi connectivity index (χ3n) is 4.54. The number of hydrogen-bond donors (Lipinski definition) is 1. The lowest BCUT2D eigenvalue weighted by atomic mass is 10.2. The molecule has 1 fully saturated rings. The SMILES string of the molecule is CCC(CC)NC(=O)CN1CCN(c2ncc(C(F)(F)F)cc2Cl)CC1. The molecule has 146 valence electrons. The number of piperazine rings is 1. The average Bonchev–Trinajstić information content (AvgIpc) is 2.59. The van der Waals surface area contributed by atoms with E-state index in [0.717, 1.165) is 25.1 Å². The Morgan fingerprint density at radius 3 is 2.38 bits per heavy atom. The molecule has 1 N–H and O–H groups in total. The second kappa shape index (κ2) is 8.90. The Hall–Kier alpha value is -1.54. The van der Waals surface area contributed by atoms with Gasteiger partial charge in [-0.15, -0.1) is 0 Å². The molecule has 0 aromatic carbocycles. The van der Waals surface area contributed by atoms with Crippen molar-refractivity contribution in [2.45, 2.75) is 38.9 Å². The first-order chi connectivity index (χ1) is 12.2. The first-order valence-electron chi connectivity index (χ1n) is 8.74. The van der Waals surface area contributed by atoms with Gasteiger partial charge in [0.2, 0.25) is 5.91 Å². The predicted molar refractivity (Wildman–Crippen MR) is 95.4 cm³/mol. The lowest BCUT2D eigenvalue weighted by Crippen LogP contribution is -2.50. The van der Waals surface area contributed by atoms with Crippen LogP contribution in [0.1, 0.15) is 32.3 Å². The van der Waals surface area contributed by atoms with Crippen LogP contribution in [0.3, 0.4) is 0 Å². The van der Waals surface area contributed by atoms with Gasteiger partial charge in [0.25, 0.3) is 0 Å². The molecule has 5 nitrogen and oxygen atoms in total. The number of carbonyl (C=O) groups is 1. The van der Waals surface area contributed by atoms with Crippen molar-refractivity contribution >= 4 is 23.3 Å². The lowest BCUT2D eigenvalue weighted by molar-refractivity contribution is -0.137. The molecule has 0 unspecified atom stereocenters. The number of pyridine rings is 1. The summed E-state index contributed by atoms with van der Waals surface area (Å²) in [5.41, 5.74) is -0.858. The van der Waals surface area contributed by atoms with E-state index in [1.165, 1.54) is 0 Å². The molecule has 1 aliphatic rings. The van der Waals surface area contributed by atoms with Crippen molar-refractivity contribution in [2.75, 3.05) is 37.6 Å². The lowest BCUT2D eigenvalue weighted by Gasteiger charge is -2.35. The summed E-state index contributed by atoms with van der Waals surface area (Å²) in [5, 5.41) is 2.99. The normalized spacial score (nSPS) is 16.2. The summed E-state index contributed by atoms with van der Waals surface area (Å²) in [7, 11) is 0. The summed E-state index contributed by atoms with van der Waals surface area (Å²) in [4.78, 5) is 19.8. The molecule has 0 aliphatic carbocycles. The molecule has 1 amide bonds. The molecular weight excluding hydrogens is 369 g/mol. The van der Waals surface area contributed by atoms with Crippen molar-refractivity contribution in [1.29, 1.82) is 0 Å². The molecule has 0 bridgehead atoms. The van der Waals surface area contributed by atoms with Crippen LogP contribution in [0.5, 0.6) is 0 Å². The number of carbonyl (C=O) groups excluding carboxylic acids is 1. The highest BCUT2D eigenvalue weighted by molar-refractivity contribution is 6.33. The number of hydrogen-bond acceptors (Lipinski definition) is 4. The summed E-state index contributed by atoms with van der Waals surface area (Å²) < 4.78 is 38.1. The zero-order valence-corrected chi connectivity index (χ0v) is 15.7. The van der Waals surface area contributed by atoms with E-state index in [4.69, 9.17) is 11.6 Å². The van der Waals surface area contributed by atoms with E-state index in [0.29, 0.717) is 38.5 Å². The summed E-state index contributed by atoms with van der Waals surface area (Å²) in [6.45, 7) is 6.73. The van der Waals surface area contributed by atoms with Gasteiger partial charge in [-0.05, 0) is 18.9 Å². The maximum Gasteiger partial charge on any atom is 0.417 e. The third-order valence-corrected chi connectivity index (χ3v) is 4.82. The van der Waals surface area contributed by atoms with Crippen molar-refractivity contribution in [3.8, 4) is 0 Å². The Morgan fingerprint density at radius 1 is 1.27 bits per heavy atom. The largest absolute Gasteiger partial charge is 0.417 e. The first kappa shape index (κ1) is 20.8. The number of aromatic nitrogens is 1. The Balaban J connectivity index is 1.89. The zero-order chi connectivity index (χ0) is 19.3. The molecule has 1 saturated heterocycles. The fourth-order valence-electron chi connectivity index (χ4n) is 2.91. The van der Waals surface area contributed by atoms with E-state index in [1.54, 1.807) is 0 Å². The second-order valence-corrected chi connectivity index (χ2v) is 6.78. The monoisotopic (exact) mass is 392 g/mol. The Labute approximate surface area is 156 Å². The molecule has 1 aromatic rings. The van der Waals surface area contributed by atoms with Crippen LogP contribution in [0.2, 0.25) is 5.02 Å². The highest BCUT2D eigenvalue weighted by Crippen LogP contribution is 2.33. The molecule has 2 rings (SSSR count). The summed E-state index contributed by atoms with van der Waals surface area (Å²) in [5.74, 6) is 0.346. The average molecular weight is 393 g/mol. The van der Waals surface area contributed by atoms with E-state index < -0.39 is 11.7 Å². The Morgan fingerprint density at radius 2 is 1.88 bits per heavy atom. The zero-order valence-electron chi connectivity index (χ0n) is 14.9. The maximum atomic E-state index is 12.7. The topological polar surface area (TPSA) is 48.5 Å². The van der Waals surface area contributed by atoms with E-state index in [9.17, 15) is 18.0 Å². The van der Waals surface area contributed by atoms with Gasteiger partial charge < -0.3 is 10.2 Å². The number of nitrogens with zero attached hydrogens (tertiary/aromatic N) is 3. The van der Waals surface area contributed by atoms with Gasteiger partial charge in [0, 0.05) is 38.4 Å². The fraction of sp³-hybridized carbons (Fsp3) is 0.647. The smallest absolute Gasteiger partial charge is 0.353 e. The quantitative estimate of drug-likeness (QED) is 0.807. The number of amides is 1. The van der Waals surface area contributed by atoms with Crippen molar-refractivity contribution in [2.24, 2.45) is 0 Å². The summed E-state index contributed by atoms with van der Waals surface area (Å²) in [6.07, 6.45) is -1.87. The van der Waals surface area contributed by atoms with Crippen LogP contribution in [-0.4, -0.2) is 54.6 Å². The van der Waals surface area contributed by atoms with Crippen molar-refractivity contribution in [1.82, 2.24) is 15.2 Å². The Bertz CT molecular complexity index is 615. The molecular formula is C17H24ClF3N4O. The Kier molecular flexibility index (Phi) is 7.11. The molecule has 26 heavy (non-hydrogen) atoms. The van der Waals surface area contributed by atoms with Crippen LogP contribution in [0.4, 0.5) is 19.0 Å². The fourth-order valence-corrected chi connectivity index (χ4v) is 3.19. The van der Waals surface area contributed by atoms with Gasteiger partial charge in [0.05, 0.1) is 17.1 Å². The standard InChI is InChI=1S/C17H24ClF3N4O/c1-3-13(4-2)23-15(26)11-24-5-7-25(8-6-24)16-14(18)9-12(10-22-16)17(19,20)21/h9-10,13H,3-8,11H2,1-2H3,(H,23,26). The molecule has 1 aromatic heterocycles. The van der Waals surface area contributed by atoms with Crippen LogP contribution in [0, 0.1) is 0 Å². The van der Waals surface area contributed by atoms with Crippen LogP contribution < -0.4 is 10.2 Å².